The average Bonchev–Trinajstić information content (AvgIpc) is 2.31. The molecule has 0 atom stereocenters. The van der Waals surface area contributed by atoms with Gasteiger partial charge in [0.2, 0.25) is 0 Å². The van der Waals surface area contributed by atoms with Crippen LogP contribution >= 0.6 is 0 Å². The fourth-order valence-electron chi connectivity index (χ4n) is 1.31. The van der Waals surface area contributed by atoms with E-state index in [0.717, 1.165) is 5.69 Å². The molecule has 0 amide bonds. The summed E-state index contributed by atoms with van der Waals surface area (Å²) in [5.41, 5.74) is 8.68. The molecule has 0 aliphatic carbocycles. The van der Waals surface area contributed by atoms with Crippen LogP contribution in [0.5, 0.6) is 0 Å². The van der Waals surface area contributed by atoms with Crippen LogP contribution < -0.4 is 11.1 Å². The third kappa shape index (κ3) is 4.05. The average molecular weight is 214 g/mol. The van der Waals surface area contributed by atoms with Gasteiger partial charge in [0.25, 0.3) is 0 Å². The van der Waals surface area contributed by atoms with E-state index in [9.17, 15) is 0 Å². The number of nitrogens with two attached hydrogens (primary N) is 1. The van der Waals surface area contributed by atoms with Crippen molar-refractivity contribution in [3.63, 3.8) is 0 Å². The minimum Gasteiger partial charge on any atom is -0.399 e. The van der Waals surface area contributed by atoms with Gasteiger partial charge in [0.05, 0.1) is 0 Å². The first-order valence-corrected chi connectivity index (χ1v) is 5.28. The van der Waals surface area contributed by atoms with E-state index in [4.69, 9.17) is 5.73 Å². The highest BCUT2D eigenvalue weighted by Gasteiger charge is 1.88. The highest BCUT2D eigenvalue weighted by molar-refractivity contribution is 5.49. The SMILES string of the molecule is CNc1ccccc1C.Nc1ccccc1. The Labute approximate surface area is 97.1 Å². The zero-order chi connectivity index (χ0) is 11.8. The van der Waals surface area contributed by atoms with E-state index in [-0.39, 0.29) is 0 Å². The molecular weight excluding hydrogens is 196 g/mol. The van der Waals surface area contributed by atoms with Crippen molar-refractivity contribution in [3.8, 4) is 0 Å². The lowest BCUT2D eigenvalue weighted by atomic mass is 10.2. The van der Waals surface area contributed by atoms with Crippen molar-refractivity contribution in [3.05, 3.63) is 60.2 Å². The molecule has 0 aromatic heterocycles. The van der Waals surface area contributed by atoms with Crippen LogP contribution in [0.3, 0.4) is 0 Å². The Balaban J connectivity index is 0.000000165. The van der Waals surface area contributed by atoms with Crippen LogP contribution in [0.15, 0.2) is 54.6 Å². The van der Waals surface area contributed by atoms with Crippen LogP contribution in [-0.2, 0) is 0 Å². The molecule has 0 saturated heterocycles. The smallest absolute Gasteiger partial charge is 0.0367 e. The van der Waals surface area contributed by atoms with Gasteiger partial charge in [-0.25, -0.2) is 0 Å². The van der Waals surface area contributed by atoms with E-state index >= 15 is 0 Å². The fourth-order valence-corrected chi connectivity index (χ4v) is 1.31. The van der Waals surface area contributed by atoms with Crippen LogP contribution in [0.25, 0.3) is 0 Å². The monoisotopic (exact) mass is 214 g/mol. The van der Waals surface area contributed by atoms with Crippen molar-refractivity contribution in [1.29, 1.82) is 0 Å². The molecule has 0 bridgehead atoms. The first-order chi connectivity index (χ1) is 7.74. The summed E-state index contributed by atoms with van der Waals surface area (Å²) in [6.45, 7) is 2.09. The molecule has 2 aromatic rings. The standard InChI is InChI=1S/C8H11N.C6H7N/c1-7-5-3-4-6-8(7)9-2;7-6-4-2-1-3-5-6/h3-6,9H,1-2H3;1-5H,7H2. The van der Waals surface area contributed by atoms with Crippen molar-refractivity contribution in [1.82, 2.24) is 0 Å². The molecule has 84 valence electrons. The molecule has 0 radical (unpaired) electrons. The molecular formula is C14H18N2. The molecule has 2 nitrogen and oxygen atoms in total. The Morgan fingerprint density at radius 3 is 1.81 bits per heavy atom. The number of rotatable bonds is 1. The number of nitrogen functional groups attached to an aromatic ring is 1. The Bertz CT molecular complexity index is 410. The molecule has 3 N–H and O–H groups in total. The van der Waals surface area contributed by atoms with Crippen LogP contribution in [0.4, 0.5) is 11.4 Å². The molecule has 0 aliphatic heterocycles. The number of hydrogen-bond donors (Lipinski definition) is 2. The highest BCUT2D eigenvalue weighted by atomic mass is 14.8. The van der Waals surface area contributed by atoms with Crippen LogP contribution in [0, 0.1) is 6.92 Å². The van der Waals surface area contributed by atoms with Gasteiger partial charge in [-0.3, -0.25) is 0 Å². The topological polar surface area (TPSA) is 38.0 Å². The lowest BCUT2D eigenvalue weighted by molar-refractivity contribution is 1.41. The lowest BCUT2D eigenvalue weighted by Crippen LogP contribution is -1.89. The molecule has 0 spiro atoms. The predicted molar refractivity (Wildman–Crippen MR) is 71.6 cm³/mol. The van der Waals surface area contributed by atoms with Crippen molar-refractivity contribution in [2.75, 3.05) is 18.1 Å². The zero-order valence-corrected chi connectivity index (χ0v) is 9.77. The minimum atomic E-state index is 0.822. The van der Waals surface area contributed by atoms with Gasteiger partial charge in [-0.1, -0.05) is 36.4 Å². The molecule has 2 aromatic carbocycles. The van der Waals surface area contributed by atoms with E-state index in [1.165, 1.54) is 11.3 Å². The Morgan fingerprint density at radius 2 is 1.44 bits per heavy atom. The summed E-state index contributed by atoms with van der Waals surface area (Å²) in [5.74, 6) is 0. The second kappa shape index (κ2) is 6.51. The van der Waals surface area contributed by atoms with Crippen molar-refractivity contribution in [2.45, 2.75) is 6.92 Å². The number of para-hydroxylation sites is 2. The maximum absolute atomic E-state index is 5.36. The van der Waals surface area contributed by atoms with Gasteiger partial charge in [-0.2, -0.15) is 0 Å². The third-order valence-electron chi connectivity index (χ3n) is 2.21. The number of nitrogens with one attached hydrogen (secondary N) is 1. The van der Waals surface area contributed by atoms with Gasteiger partial charge in [0, 0.05) is 18.4 Å². The Kier molecular flexibility index (Phi) is 4.93. The lowest BCUT2D eigenvalue weighted by Gasteiger charge is -2.01. The highest BCUT2D eigenvalue weighted by Crippen LogP contribution is 2.10. The van der Waals surface area contributed by atoms with Gasteiger partial charge in [-0.15, -0.1) is 0 Å². The number of benzene rings is 2. The van der Waals surface area contributed by atoms with Crippen molar-refractivity contribution >= 4 is 11.4 Å². The predicted octanol–water partition coefficient (Wildman–Crippen LogP) is 3.31. The molecule has 0 heterocycles. The van der Waals surface area contributed by atoms with Gasteiger partial charge in [-0.05, 0) is 30.7 Å². The van der Waals surface area contributed by atoms with Gasteiger partial charge < -0.3 is 11.1 Å². The van der Waals surface area contributed by atoms with Crippen LogP contribution in [-0.4, -0.2) is 7.05 Å². The van der Waals surface area contributed by atoms with E-state index in [2.05, 4.69) is 24.4 Å². The quantitative estimate of drug-likeness (QED) is 0.715. The van der Waals surface area contributed by atoms with Gasteiger partial charge in [0.15, 0.2) is 0 Å². The zero-order valence-electron chi connectivity index (χ0n) is 9.77. The summed E-state index contributed by atoms with van der Waals surface area (Å²) in [4.78, 5) is 0. The minimum absolute atomic E-state index is 0.822. The van der Waals surface area contributed by atoms with Crippen LogP contribution in [0.1, 0.15) is 5.56 Å². The third-order valence-corrected chi connectivity index (χ3v) is 2.21. The molecule has 2 heteroatoms. The Morgan fingerprint density at radius 1 is 0.875 bits per heavy atom. The number of anilines is 2. The summed E-state index contributed by atoms with van der Waals surface area (Å²) in [6.07, 6.45) is 0. The largest absolute Gasteiger partial charge is 0.399 e. The molecule has 0 unspecified atom stereocenters. The maximum atomic E-state index is 5.36. The maximum Gasteiger partial charge on any atom is 0.0367 e. The molecule has 0 saturated carbocycles. The summed E-state index contributed by atoms with van der Waals surface area (Å²) in [7, 11) is 1.93. The normalized spacial score (nSPS) is 8.88. The molecule has 0 aliphatic rings. The summed E-state index contributed by atoms with van der Waals surface area (Å²) < 4.78 is 0. The number of hydrogen-bond acceptors (Lipinski definition) is 2. The van der Waals surface area contributed by atoms with Crippen LogP contribution in [0.2, 0.25) is 0 Å². The second-order valence-corrected chi connectivity index (χ2v) is 3.48. The molecule has 16 heavy (non-hydrogen) atoms. The fraction of sp³-hybridized carbons (Fsp3) is 0.143. The van der Waals surface area contributed by atoms with Gasteiger partial charge in [0.1, 0.15) is 0 Å². The summed E-state index contributed by atoms with van der Waals surface area (Å²) in [6, 6.07) is 17.7. The van der Waals surface area contributed by atoms with E-state index in [0.29, 0.717) is 0 Å². The summed E-state index contributed by atoms with van der Waals surface area (Å²) in [5, 5.41) is 3.10. The van der Waals surface area contributed by atoms with E-state index < -0.39 is 0 Å². The Hall–Kier alpha value is -1.96. The summed E-state index contributed by atoms with van der Waals surface area (Å²) >= 11 is 0. The first kappa shape index (κ1) is 12.1. The van der Waals surface area contributed by atoms with Crippen molar-refractivity contribution in [2.24, 2.45) is 0 Å². The van der Waals surface area contributed by atoms with E-state index in [1.807, 2.05) is 49.5 Å². The van der Waals surface area contributed by atoms with Crippen molar-refractivity contribution < 1.29 is 0 Å². The second-order valence-electron chi connectivity index (χ2n) is 3.48. The molecule has 0 fully saturated rings. The first-order valence-electron chi connectivity index (χ1n) is 5.28. The van der Waals surface area contributed by atoms with Gasteiger partial charge >= 0.3 is 0 Å². The molecule has 2 rings (SSSR count). The number of aryl methyl sites for hydroxylation is 1. The van der Waals surface area contributed by atoms with E-state index in [1.54, 1.807) is 0 Å².